The van der Waals surface area contributed by atoms with E-state index in [1.807, 2.05) is 38.1 Å². The average Bonchev–Trinajstić information content (AvgIpc) is 2.65. The molecule has 0 amide bonds. The monoisotopic (exact) mass is 372 g/mol. The molecule has 146 valence electrons. The molecule has 0 saturated carbocycles. The van der Waals surface area contributed by atoms with Gasteiger partial charge >= 0.3 is 11.9 Å². The standard InChI is InChI=1S/C22H28O5/c1-4-7-14-25-19-15-18(26-20(23)10-5-2)16-12-8-9-13-17(16)22(19)27-21(24)11-6-3/h8-9,12-13,15H,4-7,10-11,14H2,1-3H3. The lowest BCUT2D eigenvalue weighted by molar-refractivity contribution is -0.135. The first-order chi connectivity index (χ1) is 13.1. The highest BCUT2D eigenvalue weighted by Gasteiger charge is 2.19. The summed E-state index contributed by atoms with van der Waals surface area (Å²) in [5.74, 6) is 0.629. The van der Waals surface area contributed by atoms with Crippen LogP contribution in [0.1, 0.15) is 59.3 Å². The second-order valence-electron chi connectivity index (χ2n) is 6.40. The van der Waals surface area contributed by atoms with Gasteiger partial charge < -0.3 is 14.2 Å². The van der Waals surface area contributed by atoms with Gasteiger partial charge in [0, 0.05) is 29.7 Å². The number of rotatable bonds is 10. The molecule has 0 N–H and O–H groups in total. The Bertz CT molecular complexity index is 782. The number of benzene rings is 2. The zero-order valence-electron chi connectivity index (χ0n) is 16.4. The molecule has 2 rings (SSSR count). The lowest BCUT2D eigenvalue weighted by Gasteiger charge is -2.17. The van der Waals surface area contributed by atoms with Crippen LogP contribution in [0.25, 0.3) is 10.8 Å². The van der Waals surface area contributed by atoms with Gasteiger partial charge in [-0.05, 0) is 19.3 Å². The summed E-state index contributed by atoms with van der Waals surface area (Å²) in [4.78, 5) is 24.2. The Labute approximate surface area is 160 Å². The van der Waals surface area contributed by atoms with Gasteiger partial charge in [-0.15, -0.1) is 0 Å². The molecular formula is C22H28O5. The maximum absolute atomic E-state index is 12.1. The van der Waals surface area contributed by atoms with E-state index < -0.39 is 0 Å². The van der Waals surface area contributed by atoms with E-state index in [2.05, 4.69) is 6.92 Å². The maximum Gasteiger partial charge on any atom is 0.311 e. The minimum Gasteiger partial charge on any atom is -0.490 e. The van der Waals surface area contributed by atoms with E-state index in [1.54, 1.807) is 6.07 Å². The summed E-state index contributed by atoms with van der Waals surface area (Å²) in [6, 6.07) is 9.05. The fourth-order valence-electron chi connectivity index (χ4n) is 2.66. The Morgan fingerprint density at radius 3 is 2.07 bits per heavy atom. The normalized spacial score (nSPS) is 10.6. The van der Waals surface area contributed by atoms with Crippen LogP contribution in [-0.2, 0) is 9.59 Å². The predicted molar refractivity (Wildman–Crippen MR) is 105 cm³/mol. The van der Waals surface area contributed by atoms with Crippen molar-refractivity contribution < 1.29 is 23.8 Å². The third-order valence-corrected chi connectivity index (χ3v) is 4.03. The highest BCUT2D eigenvalue weighted by Crippen LogP contribution is 2.42. The smallest absolute Gasteiger partial charge is 0.311 e. The lowest BCUT2D eigenvalue weighted by Crippen LogP contribution is -2.11. The topological polar surface area (TPSA) is 61.8 Å². The molecule has 5 nitrogen and oxygen atoms in total. The van der Waals surface area contributed by atoms with Gasteiger partial charge in [-0.25, -0.2) is 0 Å². The molecule has 0 aliphatic rings. The quantitative estimate of drug-likeness (QED) is 0.316. The molecule has 0 fully saturated rings. The van der Waals surface area contributed by atoms with Crippen molar-refractivity contribution in [2.75, 3.05) is 6.61 Å². The number of carbonyl (C=O) groups is 2. The van der Waals surface area contributed by atoms with Crippen LogP contribution in [0.3, 0.4) is 0 Å². The van der Waals surface area contributed by atoms with Crippen molar-refractivity contribution in [2.45, 2.75) is 59.3 Å². The van der Waals surface area contributed by atoms with E-state index in [0.717, 1.165) is 12.8 Å². The van der Waals surface area contributed by atoms with Crippen molar-refractivity contribution in [2.24, 2.45) is 0 Å². The van der Waals surface area contributed by atoms with Crippen LogP contribution < -0.4 is 14.2 Å². The summed E-state index contributed by atoms with van der Waals surface area (Å²) in [6.07, 6.45) is 3.94. The van der Waals surface area contributed by atoms with Crippen molar-refractivity contribution in [1.29, 1.82) is 0 Å². The van der Waals surface area contributed by atoms with Gasteiger partial charge in [-0.1, -0.05) is 51.5 Å². The molecule has 0 heterocycles. The first-order valence-corrected chi connectivity index (χ1v) is 9.70. The first-order valence-electron chi connectivity index (χ1n) is 9.70. The van der Waals surface area contributed by atoms with Crippen molar-refractivity contribution in [3.63, 3.8) is 0 Å². The van der Waals surface area contributed by atoms with E-state index in [1.165, 1.54) is 0 Å². The SMILES string of the molecule is CCCCOc1cc(OC(=O)CCC)c2ccccc2c1OC(=O)CCC. The van der Waals surface area contributed by atoms with Gasteiger partial charge in [0.15, 0.2) is 11.5 Å². The Balaban J connectivity index is 2.50. The first kappa shape index (κ1) is 20.7. The van der Waals surface area contributed by atoms with Gasteiger partial charge in [-0.2, -0.15) is 0 Å². The minimum atomic E-state index is -0.307. The van der Waals surface area contributed by atoms with Crippen LogP contribution in [-0.4, -0.2) is 18.5 Å². The molecule has 0 aliphatic heterocycles. The molecule has 2 aromatic carbocycles. The lowest BCUT2D eigenvalue weighted by atomic mass is 10.1. The molecule has 0 atom stereocenters. The molecular weight excluding hydrogens is 344 g/mol. The van der Waals surface area contributed by atoms with Crippen LogP contribution in [0.4, 0.5) is 0 Å². The molecule has 27 heavy (non-hydrogen) atoms. The summed E-state index contributed by atoms with van der Waals surface area (Å²) in [5, 5.41) is 1.40. The number of hydrogen-bond acceptors (Lipinski definition) is 5. The van der Waals surface area contributed by atoms with E-state index in [0.29, 0.717) is 60.3 Å². The van der Waals surface area contributed by atoms with Crippen LogP contribution in [0.5, 0.6) is 17.2 Å². The van der Waals surface area contributed by atoms with Crippen molar-refractivity contribution in [3.05, 3.63) is 30.3 Å². The van der Waals surface area contributed by atoms with Crippen LogP contribution in [0, 0.1) is 0 Å². The minimum absolute atomic E-state index is 0.294. The van der Waals surface area contributed by atoms with Gasteiger partial charge in [0.2, 0.25) is 0 Å². The molecule has 0 bridgehead atoms. The van der Waals surface area contributed by atoms with Crippen LogP contribution >= 0.6 is 0 Å². The van der Waals surface area contributed by atoms with Crippen LogP contribution in [0.15, 0.2) is 30.3 Å². The molecule has 0 aromatic heterocycles. The second kappa shape index (κ2) is 10.6. The molecule has 5 heteroatoms. The predicted octanol–water partition coefficient (Wildman–Crippen LogP) is 5.43. The number of unbranched alkanes of at least 4 members (excludes halogenated alkanes) is 1. The molecule has 0 spiro atoms. The zero-order valence-corrected chi connectivity index (χ0v) is 16.4. The summed E-state index contributed by atoms with van der Waals surface area (Å²) >= 11 is 0. The van der Waals surface area contributed by atoms with E-state index in [4.69, 9.17) is 14.2 Å². The van der Waals surface area contributed by atoms with Gasteiger partial charge in [0.1, 0.15) is 5.75 Å². The highest BCUT2D eigenvalue weighted by atomic mass is 16.6. The van der Waals surface area contributed by atoms with Gasteiger partial charge in [-0.3, -0.25) is 9.59 Å². The van der Waals surface area contributed by atoms with Crippen molar-refractivity contribution in [1.82, 2.24) is 0 Å². The third kappa shape index (κ3) is 5.71. The fourth-order valence-corrected chi connectivity index (χ4v) is 2.66. The Hall–Kier alpha value is -2.56. The zero-order chi connectivity index (χ0) is 19.6. The van der Waals surface area contributed by atoms with Crippen molar-refractivity contribution in [3.8, 4) is 17.2 Å². The fraction of sp³-hybridized carbons (Fsp3) is 0.455. The summed E-state index contributed by atoms with van der Waals surface area (Å²) in [6.45, 7) is 6.42. The average molecular weight is 372 g/mol. The van der Waals surface area contributed by atoms with Gasteiger partial charge in [0.25, 0.3) is 0 Å². The number of esters is 2. The summed E-state index contributed by atoms with van der Waals surface area (Å²) in [5.41, 5.74) is 0. The van der Waals surface area contributed by atoms with E-state index >= 15 is 0 Å². The molecule has 0 aliphatic carbocycles. The summed E-state index contributed by atoms with van der Waals surface area (Å²) < 4.78 is 17.1. The Morgan fingerprint density at radius 2 is 1.44 bits per heavy atom. The van der Waals surface area contributed by atoms with Crippen LogP contribution in [0.2, 0.25) is 0 Å². The van der Waals surface area contributed by atoms with Crippen molar-refractivity contribution >= 4 is 22.7 Å². The number of ether oxygens (including phenoxy) is 3. The Kier molecular flexibility index (Phi) is 8.11. The second-order valence-corrected chi connectivity index (χ2v) is 6.40. The molecule has 2 aromatic rings. The van der Waals surface area contributed by atoms with E-state index in [9.17, 15) is 9.59 Å². The number of hydrogen-bond donors (Lipinski definition) is 0. The number of carbonyl (C=O) groups excluding carboxylic acids is 2. The largest absolute Gasteiger partial charge is 0.490 e. The highest BCUT2D eigenvalue weighted by molar-refractivity contribution is 5.98. The number of fused-ring (bicyclic) bond motifs is 1. The molecule has 0 unspecified atom stereocenters. The third-order valence-electron chi connectivity index (χ3n) is 4.03. The summed E-state index contributed by atoms with van der Waals surface area (Å²) in [7, 11) is 0. The maximum atomic E-state index is 12.1. The Morgan fingerprint density at radius 1 is 0.815 bits per heavy atom. The van der Waals surface area contributed by atoms with E-state index in [-0.39, 0.29) is 11.9 Å². The molecule has 0 radical (unpaired) electrons. The molecule has 0 saturated heterocycles. The van der Waals surface area contributed by atoms with Gasteiger partial charge in [0.05, 0.1) is 6.61 Å².